The average Bonchev–Trinajstić information content (AvgIpc) is 2.72. The lowest BCUT2D eigenvalue weighted by Gasteiger charge is -2.29. The molecule has 0 heterocycles. The molecule has 0 N–H and O–H groups in total. The Morgan fingerprint density at radius 3 is 1.73 bits per heavy atom. The first-order valence-corrected chi connectivity index (χ1v) is 12.9. The van der Waals surface area contributed by atoms with Crippen molar-refractivity contribution < 1.29 is 25.2 Å². The summed E-state index contributed by atoms with van der Waals surface area (Å²) in [5, 5.41) is 0. The van der Waals surface area contributed by atoms with Crippen LogP contribution in [-0.4, -0.2) is 29.5 Å². The molecule has 0 aliphatic heterocycles. The monoisotopic (exact) mass is 452 g/mol. The third-order valence-corrected chi connectivity index (χ3v) is 8.08. The minimum Gasteiger partial charge on any atom is -0.264 e. The molecule has 1 aliphatic carbocycles. The predicted octanol–water partition coefficient (Wildman–Crippen LogP) is 4.36. The van der Waals surface area contributed by atoms with Gasteiger partial charge in [-0.05, 0) is 56.9 Å². The zero-order valence-electron chi connectivity index (χ0n) is 17.3. The number of hydrogen-bond donors (Lipinski definition) is 0. The molecule has 30 heavy (non-hydrogen) atoms. The van der Waals surface area contributed by atoms with Gasteiger partial charge in [-0.3, -0.25) is 8.37 Å². The van der Waals surface area contributed by atoms with Crippen LogP contribution in [0.3, 0.4) is 0 Å². The molecule has 2 aromatic rings. The standard InChI is InChI=1S/C22H28O6S2/c1-17-8-12-20(13-9-17)29(23,24)27-16-22(19-6-4-3-5-7-19)28-30(25,26)21-14-10-18(2)11-15-21/h8-15,19,22H,3-7,16H2,1-2H3/t22-/m1/s1. The van der Waals surface area contributed by atoms with Crippen LogP contribution in [0.15, 0.2) is 58.3 Å². The quantitative estimate of drug-likeness (QED) is 0.553. The molecule has 0 bridgehead atoms. The van der Waals surface area contributed by atoms with Gasteiger partial charge >= 0.3 is 0 Å². The van der Waals surface area contributed by atoms with Crippen molar-refractivity contribution in [1.82, 2.24) is 0 Å². The third kappa shape index (κ3) is 5.91. The van der Waals surface area contributed by atoms with E-state index in [9.17, 15) is 16.8 Å². The number of aryl methyl sites for hydroxylation is 2. The topological polar surface area (TPSA) is 86.7 Å². The molecule has 0 aromatic heterocycles. The first-order chi connectivity index (χ1) is 14.2. The molecule has 1 aliphatic rings. The Bertz CT molecular complexity index is 1040. The summed E-state index contributed by atoms with van der Waals surface area (Å²) in [7, 11) is -8.05. The molecular formula is C22H28O6S2. The van der Waals surface area contributed by atoms with Gasteiger partial charge in [-0.1, -0.05) is 54.7 Å². The Kier molecular flexibility index (Phi) is 7.34. The Labute approximate surface area is 179 Å². The SMILES string of the molecule is Cc1ccc(S(=O)(=O)OC[C@@H](OS(=O)(=O)c2ccc(C)cc2)C2CCCCC2)cc1. The Morgan fingerprint density at radius 1 is 0.767 bits per heavy atom. The van der Waals surface area contributed by atoms with Crippen LogP contribution < -0.4 is 0 Å². The maximum absolute atomic E-state index is 12.8. The van der Waals surface area contributed by atoms with E-state index in [1.807, 2.05) is 13.8 Å². The predicted molar refractivity (Wildman–Crippen MR) is 114 cm³/mol. The summed E-state index contributed by atoms with van der Waals surface area (Å²) in [5.41, 5.74) is 1.87. The minimum absolute atomic E-state index is 0.0388. The van der Waals surface area contributed by atoms with E-state index in [4.69, 9.17) is 8.37 Å². The summed E-state index contributed by atoms with van der Waals surface area (Å²) >= 11 is 0. The van der Waals surface area contributed by atoms with E-state index in [1.165, 1.54) is 24.3 Å². The van der Waals surface area contributed by atoms with E-state index < -0.39 is 26.3 Å². The van der Waals surface area contributed by atoms with E-state index in [0.717, 1.165) is 43.2 Å². The van der Waals surface area contributed by atoms with Gasteiger partial charge in [-0.25, -0.2) is 0 Å². The first kappa shape index (κ1) is 22.9. The van der Waals surface area contributed by atoms with Crippen molar-refractivity contribution >= 4 is 20.2 Å². The number of rotatable bonds is 8. The minimum atomic E-state index is -4.04. The van der Waals surface area contributed by atoms with Gasteiger partial charge in [0.15, 0.2) is 0 Å². The van der Waals surface area contributed by atoms with Gasteiger partial charge in [0.1, 0.15) is 6.10 Å². The highest BCUT2D eigenvalue weighted by atomic mass is 32.2. The Morgan fingerprint density at radius 2 is 1.23 bits per heavy atom. The van der Waals surface area contributed by atoms with Crippen LogP contribution in [0, 0.1) is 19.8 Å². The molecule has 1 saturated carbocycles. The van der Waals surface area contributed by atoms with Gasteiger partial charge in [-0.2, -0.15) is 16.8 Å². The lowest BCUT2D eigenvalue weighted by atomic mass is 9.85. The molecule has 3 rings (SSSR count). The van der Waals surface area contributed by atoms with Crippen LogP contribution in [0.25, 0.3) is 0 Å². The highest BCUT2D eigenvalue weighted by molar-refractivity contribution is 7.87. The van der Waals surface area contributed by atoms with Crippen molar-refractivity contribution in [2.24, 2.45) is 5.92 Å². The zero-order chi connectivity index (χ0) is 21.8. The smallest absolute Gasteiger partial charge is 0.264 e. The normalized spacial score (nSPS) is 17.0. The molecule has 1 fully saturated rings. The summed E-state index contributed by atoms with van der Waals surface area (Å²) in [6.07, 6.45) is 3.69. The summed E-state index contributed by atoms with van der Waals surface area (Å²) in [6.45, 7) is 3.39. The largest absolute Gasteiger partial charge is 0.297 e. The van der Waals surface area contributed by atoms with E-state index in [2.05, 4.69) is 0 Å². The molecule has 164 valence electrons. The molecule has 0 unspecified atom stereocenters. The van der Waals surface area contributed by atoms with E-state index in [0.29, 0.717) is 0 Å². The summed E-state index contributed by atoms with van der Waals surface area (Å²) in [5.74, 6) is -0.0767. The van der Waals surface area contributed by atoms with Crippen molar-refractivity contribution in [2.45, 2.75) is 61.8 Å². The van der Waals surface area contributed by atoms with Crippen LogP contribution in [0.5, 0.6) is 0 Å². The molecule has 2 aromatic carbocycles. The summed E-state index contributed by atoms with van der Waals surface area (Å²) < 4.78 is 61.5. The van der Waals surface area contributed by atoms with Crippen molar-refractivity contribution in [3.05, 3.63) is 59.7 Å². The van der Waals surface area contributed by atoms with Gasteiger partial charge in [0.2, 0.25) is 0 Å². The maximum atomic E-state index is 12.8. The fourth-order valence-corrected chi connectivity index (χ4v) is 5.64. The molecule has 0 spiro atoms. The lowest BCUT2D eigenvalue weighted by Crippen LogP contribution is -2.33. The van der Waals surface area contributed by atoms with Gasteiger partial charge in [-0.15, -0.1) is 0 Å². The van der Waals surface area contributed by atoms with Crippen molar-refractivity contribution in [2.75, 3.05) is 6.61 Å². The van der Waals surface area contributed by atoms with E-state index in [1.54, 1.807) is 24.3 Å². The van der Waals surface area contributed by atoms with Gasteiger partial charge < -0.3 is 0 Å². The zero-order valence-corrected chi connectivity index (χ0v) is 18.9. The van der Waals surface area contributed by atoms with Crippen molar-refractivity contribution in [1.29, 1.82) is 0 Å². The Hall–Kier alpha value is -1.74. The number of hydrogen-bond acceptors (Lipinski definition) is 6. The molecule has 6 nitrogen and oxygen atoms in total. The highest BCUT2D eigenvalue weighted by Crippen LogP contribution is 2.31. The molecule has 0 saturated heterocycles. The second-order valence-corrected chi connectivity index (χ2v) is 11.0. The van der Waals surface area contributed by atoms with Gasteiger partial charge in [0.25, 0.3) is 20.2 Å². The van der Waals surface area contributed by atoms with Crippen LogP contribution in [-0.2, 0) is 28.6 Å². The molecular weight excluding hydrogens is 424 g/mol. The van der Waals surface area contributed by atoms with Gasteiger partial charge in [0, 0.05) is 0 Å². The average molecular weight is 453 g/mol. The first-order valence-electron chi connectivity index (χ1n) is 10.1. The number of benzene rings is 2. The molecule has 0 radical (unpaired) electrons. The van der Waals surface area contributed by atoms with Crippen LogP contribution in [0.2, 0.25) is 0 Å². The van der Waals surface area contributed by atoms with Crippen molar-refractivity contribution in [3.63, 3.8) is 0 Å². The Balaban J connectivity index is 1.78. The van der Waals surface area contributed by atoms with E-state index in [-0.39, 0.29) is 22.3 Å². The van der Waals surface area contributed by atoms with Crippen LogP contribution >= 0.6 is 0 Å². The second kappa shape index (κ2) is 9.60. The maximum Gasteiger partial charge on any atom is 0.297 e. The lowest BCUT2D eigenvalue weighted by molar-refractivity contribution is 0.0683. The molecule has 1 atom stereocenters. The van der Waals surface area contributed by atoms with Crippen molar-refractivity contribution in [3.8, 4) is 0 Å². The summed E-state index contributed by atoms with van der Waals surface area (Å²) in [6, 6.07) is 12.7. The fraction of sp³-hybridized carbons (Fsp3) is 0.455. The van der Waals surface area contributed by atoms with Crippen LogP contribution in [0.1, 0.15) is 43.2 Å². The second-order valence-electron chi connectivity index (χ2n) is 7.85. The van der Waals surface area contributed by atoms with Crippen LogP contribution in [0.4, 0.5) is 0 Å². The summed E-state index contributed by atoms with van der Waals surface area (Å²) in [4.78, 5) is 0.0900. The molecule has 0 amide bonds. The fourth-order valence-electron chi connectivity index (χ4n) is 3.60. The van der Waals surface area contributed by atoms with E-state index >= 15 is 0 Å². The highest BCUT2D eigenvalue weighted by Gasteiger charge is 2.32. The molecule has 8 heteroatoms. The van der Waals surface area contributed by atoms with Gasteiger partial charge in [0.05, 0.1) is 16.4 Å². The third-order valence-electron chi connectivity index (χ3n) is 5.43.